The van der Waals surface area contributed by atoms with Crippen LogP contribution in [0.25, 0.3) is 10.9 Å². The number of aromatic amines is 1. The molecule has 1 aliphatic carbocycles. The number of rotatable bonds is 10. The highest BCUT2D eigenvalue weighted by Gasteiger charge is 2.51. The molecule has 0 saturated carbocycles. The third-order valence-corrected chi connectivity index (χ3v) is 7.76. The number of carbonyl (C=O) groups is 2. The molecular formula is C32H37N3O7. The number of ether oxygens (including phenoxy) is 2. The number of benzene rings is 2. The van der Waals surface area contributed by atoms with Crippen LogP contribution in [0.4, 0.5) is 0 Å². The van der Waals surface area contributed by atoms with Crippen molar-refractivity contribution >= 4 is 22.7 Å². The van der Waals surface area contributed by atoms with Gasteiger partial charge in [0.15, 0.2) is 11.5 Å². The first kappa shape index (κ1) is 29.4. The molecule has 5 N–H and O–H groups in total. The second-order valence-electron chi connectivity index (χ2n) is 10.9. The number of fused-ring (bicyclic) bond motifs is 4. The van der Waals surface area contributed by atoms with Crippen LogP contribution in [0.2, 0.25) is 0 Å². The van der Waals surface area contributed by atoms with E-state index in [2.05, 4.69) is 10.3 Å². The molecule has 5 rings (SSSR count). The van der Waals surface area contributed by atoms with Crippen molar-refractivity contribution in [1.82, 2.24) is 15.2 Å². The molecule has 2 aliphatic rings. The summed E-state index contributed by atoms with van der Waals surface area (Å²) in [5, 5.41) is 34.8. The molecule has 2 aromatic carbocycles. The Hall–Kier alpha value is -4.12. The van der Waals surface area contributed by atoms with Crippen molar-refractivity contribution in [2.45, 2.75) is 51.0 Å². The molecule has 0 saturated heterocycles. The Bertz CT molecular complexity index is 1510. The number of methoxy groups -OCH3 is 1. The predicted octanol–water partition coefficient (Wildman–Crippen LogP) is 2.33. The van der Waals surface area contributed by atoms with Crippen LogP contribution >= 0.6 is 0 Å². The van der Waals surface area contributed by atoms with E-state index < -0.39 is 30.1 Å². The summed E-state index contributed by atoms with van der Waals surface area (Å²) in [6.45, 7) is 3.46. The number of nitrogens with one attached hydrogen (secondary N) is 2. The minimum absolute atomic E-state index is 0.0370. The predicted molar refractivity (Wildman–Crippen MR) is 157 cm³/mol. The second-order valence-corrected chi connectivity index (χ2v) is 10.9. The third-order valence-electron chi connectivity index (χ3n) is 7.76. The molecule has 42 heavy (non-hydrogen) atoms. The number of hydrogen-bond donors (Lipinski definition) is 5. The molecule has 10 nitrogen and oxygen atoms in total. The summed E-state index contributed by atoms with van der Waals surface area (Å²) in [6.07, 6.45) is 1.56. The summed E-state index contributed by atoms with van der Waals surface area (Å²) in [7, 11) is 1.48. The van der Waals surface area contributed by atoms with Gasteiger partial charge in [0.25, 0.3) is 0 Å². The molecule has 1 aromatic heterocycles. The minimum Gasteiger partial charge on any atom is -0.493 e. The third kappa shape index (κ3) is 5.65. The number of H-pyrrole nitrogens is 1. The smallest absolute Gasteiger partial charge is 0.247 e. The van der Waals surface area contributed by atoms with Gasteiger partial charge in [0.05, 0.1) is 32.3 Å². The summed E-state index contributed by atoms with van der Waals surface area (Å²) in [6, 6.07) is 12.5. The van der Waals surface area contributed by atoms with Gasteiger partial charge in [-0.05, 0) is 55.1 Å². The molecule has 2 heterocycles. The van der Waals surface area contributed by atoms with E-state index in [0.29, 0.717) is 34.6 Å². The van der Waals surface area contributed by atoms with Gasteiger partial charge in [-0.15, -0.1) is 0 Å². The maximum Gasteiger partial charge on any atom is 0.247 e. The van der Waals surface area contributed by atoms with E-state index in [1.165, 1.54) is 13.2 Å². The first-order chi connectivity index (χ1) is 20.2. The lowest BCUT2D eigenvalue weighted by Gasteiger charge is -2.40. The van der Waals surface area contributed by atoms with Crippen LogP contribution in [0, 0.1) is 0 Å². The number of carbonyl (C=O) groups excluding carboxylic acids is 2. The molecule has 0 spiro atoms. The van der Waals surface area contributed by atoms with E-state index >= 15 is 0 Å². The van der Waals surface area contributed by atoms with E-state index in [0.717, 1.165) is 22.2 Å². The highest BCUT2D eigenvalue weighted by atomic mass is 16.5. The first-order valence-electron chi connectivity index (χ1n) is 14.0. The van der Waals surface area contributed by atoms with Gasteiger partial charge in [-0.1, -0.05) is 23.8 Å². The monoisotopic (exact) mass is 575 g/mol. The average Bonchev–Trinajstić information content (AvgIpc) is 3.58. The molecule has 1 aliphatic heterocycles. The van der Waals surface area contributed by atoms with Crippen molar-refractivity contribution in [3.8, 4) is 11.5 Å². The Morgan fingerprint density at radius 2 is 1.95 bits per heavy atom. The van der Waals surface area contributed by atoms with Crippen molar-refractivity contribution in [1.29, 1.82) is 0 Å². The maximum absolute atomic E-state index is 13.6. The summed E-state index contributed by atoms with van der Waals surface area (Å²) in [5.41, 5.74) is 4.21. The number of nitrogens with zero attached hydrogens (tertiary/aromatic N) is 1. The molecule has 2 amide bonds. The van der Waals surface area contributed by atoms with Gasteiger partial charge in [0.2, 0.25) is 11.8 Å². The molecule has 10 heteroatoms. The van der Waals surface area contributed by atoms with E-state index in [-0.39, 0.29) is 32.2 Å². The zero-order chi connectivity index (χ0) is 30.0. The number of para-hydroxylation sites is 1. The number of aliphatic hydroxyl groups is 3. The summed E-state index contributed by atoms with van der Waals surface area (Å²) in [4.78, 5) is 32.1. The summed E-state index contributed by atoms with van der Waals surface area (Å²) >= 11 is 0. The number of hydrogen-bond acceptors (Lipinski definition) is 7. The second kappa shape index (κ2) is 12.4. The van der Waals surface area contributed by atoms with Gasteiger partial charge in [-0.25, -0.2) is 0 Å². The van der Waals surface area contributed by atoms with E-state index in [1.807, 2.05) is 44.2 Å². The van der Waals surface area contributed by atoms with Crippen LogP contribution in [0.3, 0.4) is 0 Å². The Labute approximate surface area is 244 Å². The van der Waals surface area contributed by atoms with Gasteiger partial charge < -0.3 is 40.0 Å². The fraction of sp³-hybridized carbons (Fsp3) is 0.375. The molecule has 3 aromatic rings. The molecule has 0 bridgehead atoms. The molecule has 0 radical (unpaired) electrons. The Balaban J connectivity index is 1.55. The fourth-order valence-corrected chi connectivity index (χ4v) is 5.86. The van der Waals surface area contributed by atoms with Crippen LogP contribution in [0.15, 0.2) is 65.8 Å². The van der Waals surface area contributed by atoms with E-state index in [1.54, 1.807) is 23.1 Å². The van der Waals surface area contributed by atoms with Crippen molar-refractivity contribution in [3.63, 3.8) is 0 Å². The van der Waals surface area contributed by atoms with Crippen LogP contribution < -0.4 is 14.8 Å². The normalized spacial score (nSPS) is 20.7. The fourth-order valence-electron chi connectivity index (χ4n) is 5.86. The number of aliphatic hydroxyl groups excluding tert-OH is 3. The van der Waals surface area contributed by atoms with Gasteiger partial charge in [0, 0.05) is 47.9 Å². The zero-order valence-electron chi connectivity index (χ0n) is 24.0. The quantitative estimate of drug-likeness (QED) is 0.234. The Morgan fingerprint density at radius 3 is 2.64 bits per heavy atom. The number of aromatic nitrogens is 1. The molecule has 0 fully saturated rings. The van der Waals surface area contributed by atoms with Crippen LogP contribution in [0.5, 0.6) is 11.5 Å². The highest BCUT2D eigenvalue weighted by Crippen LogP contribution is 2.51. The van der Waals surface area contributed by atoms with Crippen molar-refractivity contribution in [2.75, 3.05) is 26.8 Å². The van der Waals surface area contributed by atoms with Crippen molar-refractivity contribution < 1.29 is 34.4 Å². The SMILES string of the molecule is COc1cc(CO)cc2c1OC1C2C(C(=O)NCCO)=CC(N(CCc2cc3ccccc3[nH]2)C(=O)C=C(C)C)C1O. The van der Waals surface area contributed by atoms with Gasteiger partial charge in [-0.3, -0.25) is 9.59 Å². The number of amides is 2. The lowest BCUT2D eigenvalue weighted by Crippen LogP contribution is -2.56. The lowest BCUT2D eigenvalue weighted by atomic mass is 9.77. The van der Waals surface area contributed by atoms with Crippen LogP contribution in [-0.2, 0) is 22.6 Å². The molecular weight excluding hydrogens is 538 g/mol. The zero-order valence-corrected chi connectivity index (χ0v) is 24.0. The first-order valence-corrected chi connectivity index (χ1v) is 14.0. The standard InChI is InChI=1S/C32H37N3O7/c1-18(2)12-27(38)35(10-8-21-15-20-6-4-5-7-24(20)34-21)25-16-23(32(40)33-9-11-36)28-22-13-19(17-37)14-26(41-3)30(22)42-31(28)29(25)39/h4-7,12-16,25,28-29,31,34,36-37,39H,8-11,17H2,1-3H3,(H,33,40). The van der Waals surface area contributed by atoms with Gasteiger partial charge >= 0.3 is 0 Å². The molecule has 222 valence electrons. The summed E-state index contributed by atoms with van der Waals surface area (Å²) < 4.78 is 11.8. The number of allylic oxidation sites excluding steroid dienone is 1. The average molecular weight is 576 g/mol. The highest BCUT2D eigenvalue weighted by molar-refractivity contribution is 5.96. The Kier molecular flexibility index (Phi) is 8.67. The van der Waals surface area contributed by atoms with E-state index in [4.69, 9.17) is 9.47 Å². The molecule has 4 unspecified atom stereocenters. The van der Waals surface area contributed by atoms with Gasteiger partial charge in [-0.2, -0.15) is 0 Å². The van der Waals surface area contributed by atoms with Crippen molar-refractivity contribution in [2.24, 2.45) is 0 Å². The minimum atomic E-state index is -1.18. The Morgan fingerprint density at radius 1 is 1.17 bits per heavy atom. The molecule has 4 atom stereocenters. The van der Waals surface area contributed by atoms with Crippen molar-refractivity contribution in [3.05, 3.63) is 82.6 Å². The lowest BCUT2D eigenvalue weighted by molar-refractivity contribution is -0.132. The topological polar surface area (TPSA) is 144 Å². The summed E-state index contributed by atoms with van der Waals surface area (Å²) in [5.74, 6) is -0.660. The van der Waals surface area contributed by atoms with Crippen LogP contribution in [-0.4, -0.2) is 82.1 Å². The van der Waals surface area contributed by atoms with Gasteiger partial charge in [0.1, 0.15) is 12.2 Å². The van der Waals surface area contributed by atoms with E-state index in [9.17, 15) is 24.9 Å². The largest absolute Gasteiger partial charge is 0.493 e. The maximum atomic E-state index is 13.6. The van der Waals surface area contributed by atoms with Crippen LogP contribution in [0.1, 0.15) is 36.6 Å².